The summed E-state index contributed by atoms with van der Waals surface area (Å²) in [7, 11) is 2.03. The Morgan fingerprint density at radius 1 is 0.773 bits per heavy atom. The molecule has 0 amide bonds. The molecule has 2 saturated carbocycles. The van der Waals surface area contributed by atoms with Gasteiger partial charge in [0.05, 0.1) is 0 Å². The van der Waals surface area contributed by atoms with Crippen LogP contribution in [0, 0.1) is 23.7 Å². The topological polar surface area (TPSA) is 12.0 Å². The van der Waals surface area contributed by atoms with Crippen molar-refractivity contribution in [1.82, 2.24) is 4.72 Å². The molecule has 2 heteroatoms. The SMILES string of the molecule is CCCC1CCC(C2CCC(CCCCSNC)CC2)CC1. The van der Waals surface area contributed by atoms with E-state index in [1.165, 1.54) is 37.9 Å². The van der Waals surface area contributed by atoms with Crippen molar-refractivity contribution in [2.24, 2.45) is 23.7 Å². The molecule has 0 spiro atoms. The van der Waals surface area contributed by atoms with Crippen molar-refractivity contribution in [2.45, 2.75) is 90.4 Å². The van der Waals surface area contributed by atoms with E-state index < -0.39 is 0 Å². The van der Waals surface area contributed by atoms with Crippen LogP contribution in [0.4, 0.5) is 0 Å². The fraction of sp³-hybridized carbons (Fsp3) is 1.00. The van der Waals surface area contributed by atoms with Crippen molar-refractivity contribution in [3.05, 3.63) is 0 Å². The van der Waals surface area contributed by atoms with Crippen LogP contribution in [0.3, 0.4) is 0 Å². The highest BCUT2D eigenvalue weighted by Gasteiger charge is 2.30. The molecule has 2 fully saturated rings. The van der Waals surface area contributed by atoms with Gasteiger partial charge in [-0.2, -0.15) is 0 Å². The van der Waals surface area contributed by atoms with Gasteiger partial charge in [-0.1, -0.05) is 70.2 Å². The molecule has 2 aliphatic carbocycles. The predicted molar refractivity (Wildman–Crippen MR) is 101 cm³/mol. The van der Waals surface area contributed by atoms with Crippen LogP contribution in [0.2, 0.25) is 0 Å². The second-order valence-electron chi connectivity index (χ2n) is 7.90. The first-order valence-electron chi connectivity index (χ1n) is 10.1. The maximum atomic E-state index is 3.18. The molecule has 1 N–H and O–H groups in total. The number of hydrogen-bond donors (Lipinski definition) is 1. The van der Waals surface area contributed by atoms with E-state index in [2.05, 4.69) is 11.6 Å². The fourth-order valence-corrected chi connectivity index (χ4v) is 5.57. The van der Waals surface area contributed by atoms with Crippen molar-refractivity contribution < 1.29 is 0 Å². The lowest BCUT2D eigenvalue weighted by atomic mass is 9.68. The molecule has 2 aliphatic rings. The average molecular weight is 326 g/mol. The fourth-order valence-electron chi connectivity index (χ4n) is 5.01. The summed E-state index contributed by atoms with van der Waals surface area (Å²) in [5, 5.41) is 0. The zero-order valence-corrected chi connectivity index (χ0v) is 15.9. The Bertz CT molecular complexity index is 265. The smallest absolute Gasteiger partial charge is 0.00785 e. The van der Waals surface area contributed by atoms with E-state index in [0.717, 1.165) is 23.7 Å². The van der Waals surface area contributed by atoms with Crippen LogP contribution < -0.4 is 4.72 Å². The summed E-state index contributed by atoms with van der Waals surface area (Å²) < 4.78 is 3.18. The minimum Gasteiger partial charge on any atom is -0.267 e. The summed E-state index contributed by atoms with van der Waals surface area (Å²) in [4.78, 5) is 0. The highest BCUT2D eigenvalue weighted by Crippen LogP contribution is 2.42. The average Bonchev–Trinajstić information content (AvgIpc) is 2.56. The minimum atomic E-state index is 1.06. The van der Waals surface area contributed by atoms with Gasteiger partial charge in [0.1, 0.15) is 0 Å². The highest BCUT2D eigenvalue weighted by atomic mass is 32.2. The Labute approximate surface area is 143 Å². The van der Waals surface area contributed by atoms with Crippen molar-refractivity contribution >= 4 is 11.9 Å². The van der Waals surface area contributed by atoms with Gasteiger partial charge in [0.25, 0.3) is 0 Å². The monoisotopic (exact) mass is 325 g/mol. The molecule has 0 aromatic carbocycles. The Balaban J connectivity index is 1.55. The second-order valence-corrected chi connectivity index (χ2v) is 9.00. The molecule has 130 valence electrons. The van der Waals surface area contributed by atoms with Crippen molar-refractivity contribution in [2.75, 3.05) is 12.8 Å². The third-order valence-electron chi connectivity index (χ3n) is 6.40. The van der Waals surface area contributed by atoms with Crippen molar-refractivity contribution in [3.63, 3.8) is 0 Å². The third-order valence-corrected chi connectivity index (χ3v) is 7.18. The summed E-state index contributed by atoms with van der Waals surface area (Å²) in [5.74, 6) is 5.62. The quantitative estimate of drug-likeness (QED) is 0.387. The molecular formula is C20H39NS. The van der Waals surface area contributed by atoms with Crippen LogP contribution in [0.25, 0.3) is 0 Å². The van der Waals surface area contributed by atoms with E-state index in [-0.39, 0.29) is 0 Å². The first-order chi connectivity index (χ1) is 10.8. The Hall–Kier alpha value is 0.310. The maximum absolute atomic E-state index is 3.18. The van der Waals surface area contributed by atoms with Crippen LogP contribution in [0.5, 0.6) is 0 Å². The van der Waals surface area contributed by atoms with Gasteiger partial charge in [0.2, 0.25) is 0 Å². The molecule has 2 rings (SSSR count). The maximum Gasteiger partial charge on any atom is 0.00785 e. The number of nitrogens with one attached hydrogen (secondary N) is 1. The molecule has 1 nitrogen and oxygen atoms in total. The lowest BCUT2D eigenvalue weighted by molar-refractivity contribution is 0.140. The standard InChI is InChI=1S/C20H39NS/c1-3-6-17-8-12-19(13-9-17)20-14-10-18(11-15-20)7-4-5-16-22-21-2/h17-21H,3-16H2,1-2H3. The van der Waals surface area contributed by atoms with Gasteiger partial charge >= 0.3 is 0 Å². The molecule has 0 saturated heterocycles. The summed E-state index contributed by atoms with van der Waals surface area (Å²) in [6.45, 7) is 2.35. The van der Waals surface area contributed by atoms with E-state index in [1.54, 1.807) is 51.4 Å². The molecule has 22 heavy (non-hydrogen) atoms. The summed E-state index contributed by atoms with van der Waals surface area (Å²) in [6, 6.07) is 0. The van der Waals surface area contributed by atoms with E-state index >= 15 is 0 Å². The van der Waals surface area contributed by atoms with E-state index in [0.29, 0.717) is 0 Å². The van der Waals surface area contributed by atoms with E-state index in [1.807, 2.05) is 19.0 Å². The van der Waals surface area contributed by atoms with Crippen LogP contribution in [0.15, 0.2) is 0 Å². The Morgan fingerprint density at radius 3 is 1.82 bits per heavy atom. The van der Waals surface area contributed by atoms with E-state index in [9.17, 15) is 0 Å². The molecule has 0 atom stereocenters. The normalized spacial score (nSPS) is 33.0. The van der Waals surface area contributed by atoms with Crippen molar-refractivity contribution in [1.29, 1.82) is 0 Å². The lowest BCUT2D eigenvalue weighted by Gasteiger charge is -2.38. The van der Waals surface area contributed by atoms with Gasteiger partial charge in [-0.05, 0) is 62.8 Å². The third kappa shape index (κ3) is 6.43. The predicted octanol–water partition coefficient (Wildman–Crippen LogP) is 6.44. The largest absolute Gasteiger partial charge is 0.267 e. The molecule has 0 aromatic heterocycles. The van der Waals surface area contributed by atoms with Crippen LogP contribution >= 0.6 is 11.9 Å². The van der Waals surface area contributed by atoms with Crippen LogP contribution in [0.1, 0.15) is 90.4 Å². The summed E-state index contributed by atoms with van der Waals surface area (Å²) in [5.41, 5.74) is 0. The molecule has 0 bridgehead atoms. The zero-order valence-electron chi connectivity index (χ0n) is 15.1. The van der Waals surface area contributed by atoms with Crippen molar-refractivity contribution in [3.8, 4) is 0 Å². The van der Waals surface area contributed by atoms with Crippen LogP contribution in [-0.4, -0.2) is 12.8 Å². The molecule has 0 radical (unpaired) electrons. The van der Waals surface area contributed by atoms with Gasteiger partial charge in [-0.15, -0.1) is 0 Å². The number of rotatable bonds is 9. The molecule has 0 aliphatic heterocycles. The molecule has 0 heterocycles. The first-order valence-corrected chi connectivity index (χ1v) is 11.1. The van der Waals surface area contributed by atoms with Gasteiger partial charge in [-0.25, -0.2) is 0 Å². The zero-order chi connectivity index (χ0) is 15.6. The number of hydrogen-bond acceptors (Lipinski definition) is 2. The molecule has 0 unspecified atom stereocenters. The molecule has 0 aromatic rings. The van der Waals surface area contributed by atoms with Gasteiger partial charge < -0.3 is 0 Å². The second kappa shape index (κ2) is 11.0. The first kappa shape index (κ1) is 18.6. The molecular weight excluding hydrogens is 286 g/mol. The Morgan fingerprint density at radius 2 is 1.32 bits per heavy atom. The minimum absolute atomic E-state index is 1.06. The number of unbranched alkanes of at least 4 members (excludes halogenated alkanes) is 1. The summed E-state index contributed by atoms with van der Waals surface area (Å²) >= 11 is 1.87. The lowest BCUT2D eigenvalue weighted by Crippen LogP contribution is -2.25. The van der Waals surface area contributed by atoms with Gasteiger partial charge in [-0.3, -0.25) is 4.72 Å². The Kier molecular flexibility index (Phi) is 9.30. The van der Waals surface area contributed by atoms with Crippen LogP contribution in [-0.2, 0) is 0 Å². The summed E-state index contributed by atoms with van der Waals surface area (Å²) in [6.07, 6.45) is 19.6. The van der Waals surface area contributed by atoms with Gasteiger partial charge in [0, 0.05) is 5.75 Å². The van der Waals surface area contributed by atoms with E-state index in [4.69, 9.17) is 0 Å². The van der Waals surface area contributed by atoms with Gasteiger partial charge in [0.15, 0.2) is 0 Å². The highest BCUT2D eigenvalue weighted by molar-refractivity contribution is 7.97.